The van der Waals surface area contributed by atoms with Gasteiger partial charge in [0.25, 0.3) is 0 Å². The number of aldehydes is 1. The van der Waals surface area contributed by atoms with Gasteiger partial charge in [-0.3, -0.25) is 0 Å². The molecule has 1 aliphatic rings. The number of carbonyl (C=O) groups excluding carboxylic acids is 1. The minimum atomic E-state index is -0.0665. The van der Waals surface area contributed by atoms with Gasteiger partial charge in [0.1, 0.15) is 6.29 Å². The lowest BCUT2D eigenvalue weighted by molar-refractivity contribution is -0.110. The summed E-state index contributed by atoms with van der Waals surface area (Å²) in [5.41, 5.74) is 2.53. The normalized spacial score (nSPS) is 15.4. The third kappa shape index (κ3) is 2.10. The average Bonchev–Trinajstić information content (AvgIpc) is 2.47. The van der Waals surface area contributed by atoms with Gasteiger partial charge in [-0.2, -0.15) is 0 Å². The molecule has 1 unspecified atom stereocenters. The van der Waals surface area contributed by atoms with Crippen LogP contribution in [0.4, 0.5) is 0 Å². The summed E-state index contributed by atoms with van der Waals surface area (Å²) in [5, 5.41) is 0. The lowest BCUT2D eigenvalue weighted by atomic mass is 9.80. The van der Waals surface area contributed by atoms with Crippen LogP contribution in [-0.4, -0.2) is 6.29 Å². The Bertz CT molecular complexity index is 560. The Kier molecular flexibility index (Phi) is 3.43. The van der Waals surface area contributed by atoms with Crippen LogP contribution in [0.1, 0.15) is 24.0 Å². The molecule has 1 aliphatic heterocycles. The van der Waals surface area contributed by atoms with Crippen molar-refractivity contribution in [2.45, 2.75) is 22.6 Å². The Hall–Kier alpha value is -1.54. The highest BCUT2D eigenvalue weighted by molar-refractivity contribution is 7.99. The molecular formula is C17H15OS. The quantitative estimate of drug-likeness (QED) is 0.770. The van der Waals surface area contributed by atoms with E-state index in [9.17, 15) is 4.79 Å². The maximum Gasteiger partial charge on any atom is 0.124 e. The van der Waals surface area contributed by atoms with Gasteiger partial charge in [0.2, 0.25) is 0 Å². The Morgan fingerprint density at radius 1 is 1.00 bits per heavy atom. The van der Waals surface area contributed by atoms with E-state index in [1.54, 1.807) is 11.8 Å². The van der Waals surface area contributed by atoms with Crippen LogP contribution < -0.4 is 0 Å². The fourth-order valence-electron chi connectivity index (χ4n) is 2.71. The van der Waals surface area contributed by atoms with Crippen molar-refractivity contribution in [2.24, 2.45) is 5.92 Å². The SMILES string of the molecule is C[CH]C(C=O)C1c2ccccc2Sc2ccccc21. The van der Waals surface area contributed by atoms with E-state index >= 15 is 0 Å². The molecule has 2 aromatic rings. The van der Waals surface area contributed by atoms with Crippen LogP contribution in [0.15, 0.2) is 58.3 Å². The van der Waals surface area contributed by atoms with Gasteiger partial charge in [-0.1, -0.05) is 55.1 Å². The summed E-state index contributed by atoms with van der Waals surface area (Å²) in [6.45, 7) is 1.96. The zero-order valence-corrected chi connectivity index (χ0v) is 11.6. The molecule has 19 heavy (non-hydrogen) atoms. The summed E-state index contributed by atoms with van der Waals surface area (Å²) in [6.07, 6.45) is 3.06. The number of hydrogen-bond acceptors (Lipinski definition) is 2. The van der Waals surface area contributed by atoms with Crippen molar-refractivity contribution in [3.63, 3.8) is 0 Å². The summed E-state index contributed by atoms with van der Waals surface area (Å²) in [7, 11) is 0. The molecule has 0 spiro atoms. The fraction of sp³-hybridized carbons (Fsp3) is 0.176. The first-order chi connectivity index (χ1) is 9.35. The minimum Gasteiger partial charge on any atom is -0.303 e. The summed E-state index contributed by atoms with van der Waals surface area (Å²) >= 11 is 1.79. The van der Waals surface area contributed by atoms with Gasteiger partial charge in [0.05, 0.1) is 0 Å². The molecule has 0 N–H and O–H groups in total. The molecule has 2 heteroatoms. The van der Waals surface area contributed by atoms with Gasteiger partial charge in [0, 0.05) is 21.6 Å². The van der Waals surface area contributed by atoms with E-state index in [1.165, 1.54) is 20.9 Å². The second-order valence-electron chi connectivity index (χ2n) is 4.70. The fourth-order valence-corrected chi connectivity index (χ4v) is 3.87. The average molecular weight is 267 g/mol. The highest BCUT2D eigenvalue weighted by Gasteiger charge is 2.31. The molecule has 3 rings (SSSR count). The van der Waals surface area contributed by atoms with Gasteiger partial charge < -0.3 is 4.79 Å². The molecule has 0 saturated heterocycles. The van der Waals surface area contributed by atoms with Gasteiger partial charge in [-0.25, -0.2) is 0 Å². The summed E-state index contributed by atoms with van der Waals surface area (Å²) in [6, 6.07) is 16.8. The van der Waals surface area contributed by atoms with Crippen molar-refractivity contribution >= 4 is 18.0 Å². The molecule has 0 aliphatic carbocycles. The number of carbonyl (C=O) groups is 1. The lowest BCUT2D eigenvalue weighted by Crippen LogP contribution is -2.19. The van der Waals surface area contributed by atoms with Crippen molar-refractivity contribution in [3.05, 3.63) is 66.1 Å². The van der Waals surface area contributed by atoms with Crippen molar-refractivity contribution in [3.8, 4) is 0 Å². The second kappa shape index (κ2) is 5.22. The molecule has 0 bridgehead atoms. The van der Waals surface area contributed by atoms with E-state index in [1.807, 2.05) is 13.3 Å². The number of rotatable bonds is 3. The number of hydrogen-bond donors (Lipinski definition) is 0. The van der Waals surface area contributed by atoms with Crippen LogP contribution in [0.5, 0.6) is 0 Å². The molecule has 0 saturated carbocycles. The molecule has 95 valence electrons. The van der Waals surface area contributed by atoms with E-state index < -0.39 is 0 Å². The topological polar surface area (TPSA) is 17.1 Å². The molecular weight excluding hydrogens is 252 g/mol. The molecule has 0 aromatic heterocycles. The molecule has 1 nitrogen and oxygen atoms in total. The van der Waals surface area contributed by atoms with Crippen molar-refractivity contribution in [1.82, 2.24) is 0 Å². The Balaban J connectivity index is 2.19. The monoisotopic (exact) mass is 267 g/mol. The molecule has 0 amide bonds. The molecule has 1 radical (unpaired) electrons. The standard InChI is InChI=1S/C17H15OS/c1-2-12(11-18)17-13-7-3-5-9-15(13)19-16-10-6-4-8-14(16)17/h2-12,17H,1H3. The first-order valence-electron chi connectivity index (χ1n) is 6.45. The van der Waals surface area contributed by atoms with Gasteiger partial charge in [0.15, 0.2) is 0 Å². The zero-order chi connectivity index (χ0) is 13.2. The van der Waals surface area contributed by atoms with Crippen molar-refractivity contribution in [2.75, 3.05) is 0 Å². The van der Waals surface area contributed by atoms with Crippen LogP contribution in [0.25, 0.3) is 0 Å². The zero-order valence-electron chi connectivity index (χ0n) is 10.7. The number of fused-ring (bicyclic) bond motifs is 2. The van der Waals surface area contributed by atoms with E-state index in [2.05, 4.69) is 48.5 Å². The highest BCUT2D eigenvalue weighted by atomic mass is 32.2. The third-order valence-electron chi connectivity index (χ3n) is 3.65. The van der Waals surface area contributed by atoms with Crippen molar-refractivity contribution < 1.29 is 4.79 Å². The van der Waals surface area contributed by atoms with Crippen molar-refractivity contribution in [1.29, 1.82) is 0 Å². The van der Waals surface area contributed by atoms with Gasteiger partial charge in [-0.15, -0.1) is 0 Å². The van der Waals surface area contributed by atoms with Crippen LogP contribution in [0.3, 0.4) is 0 Å². The predicted molar refractivity (Wildman–Crippen MR) is 78.4 cm³/mol. The summed E-state index contributed by atoms with van der Waals surface area (Å²) in [5.74, 6) is 0.0827. The van der Waals surface area contributed by atoms with Crippen LogP contribution in [0, 0.1) is 12.3 Å². The minimum absolute atomic E-state index is 0.0665. The third-order valence-corrected chi connectivity index (χ3v) is 4.84. The van der Waals surface area contributed by atoms with E-state index in [-0.39, 0.29) is 11.8 Å². The molecule has 2 aromatic carbocycles. The molecule has 1 atom stereocenters. The summed E-state index contributed by atoms with van der Waals surface area (Å²) in [4.78, 5) is 13.9. The number of benzene rings is 2. The first-order valence-corrected chi connectivity index (χ1v) is 7.27. The second-order valence-corrected chi connectivity index (χ2v) is 5.79. The van der Waals surface area contributed by atoms with Crippen LogP contribution >= 0.6 is 11.8 Å². The molecule has 1 heterocycles. The first kappa shape index (κ1) is 12.5. The van der Waals surface area contributed by atoms with Crippen LogP contribution in [-0.2, 0) is 4.79 Å². The maximum atomic E-state index is 11.4. The maximum absolute atomic E-state index is 11.4. The van der Waals surface area contributed by atoms with E-state index in [4.69, 9.17) is 0 Å². The smallest absolute Gasteiger partial charge is 0.124 e. The van der Waals surface area contributed by atoms with Crippen LogP contribution in [0.2, 0.25) is 0 Å². The lowest BCUT2D eigenvalue weighted by Gasteiger charge is -2.30. The predicted octanol–water partition coefficient (Wildman–Crippen LogP) is 4.32. The Morgan fingerprint density at radius 2 is 1.53 bits per heavy atom. The van der Waals surface area contributed by atoms with Gasteiger partial charge >= 0.3 is 0 Å². The van der Waals surface area contributed by atoms with E-state index in [0.717, 1.165) is 6.29 Å². The Morgan fingerprint density at radius 3 is 2.00 bits per heavy atom. The highest BCUT2D eigenvalue weighted by Crippen LogP contribution is 2.48. The van der Waals surface area contributed by atoms with E-state index in [0.29, 0.717) is 0 Å². The molecule has 0 fully saturated rings. The Labute approximate surface area is 118 Å². The largest absolute Gasteiger partial charge is 0.303 e. The summed E-state index contributed by atoms with van der Waals surface area (Å²) < 4.78 is 0. The van der Waals surface area contributed by atoms with Gasteiger partial charge in [-0.05, 0) is 29.7 Å².